The summed E-state index contributed by atoms with van der Waals surface area (Å²) in [5, 5.41) is 14.7. The van der Waals surface area contributed by atoms with Crippen LogP contribution < -0.4 is 15.4 Å². The normalized spacial score (nSPS) is 10.6. The maximum Gasteiger partial charge on any atom is 0.234 e. The molecule has 0 saturated heterocycles. The number of aryl methyl sites for hydroxylation is 1. The topological polar surface area (TPSA) is 98.1 Å². The fraction of sp³-hybridized carbons (Fsp3) is 0.304. The first-order valence-corrected chi connectivity index (χ1v) is 11.4. The van der Waals surface area contributed by atoms with Crippen LogP contribution in [0.4, 0.5) is 11.4 Å². The van der Waals surface area contributed by atoms with E-state index in [1.54, 1.807) is 12.1 Å². The molecule has 0 spiro atoms. The molecule has 168 valence electrons. The minimum Gasteiger partial charge on any atom is -0.494 e. The Labute approximate surface area is 191 Å². The highest BCUT2D eigenvalue weighted by atomic mass is 32.2. The summed E-state index contributed by atoms with van der Waals surface area (Å²) >= 11 is 1.29. The lowest BCUT2D eigenvalue weighted by Crippen LogP contribution is -2.18. The van der Waals surface area contributed by atoms with Crippen molar-refractivity contribution >= 4 is 35.0 Å². The molecule has 8 nitrogen and oxygen atoms in total. The van der Waals surface area contributed by atoms with Gasteiger partial charge in [-0.25, -0.2) is 0 Å². The molecule has 0 aliphatic carbocycles. The molecule has 0 aliphatic heterocycles. The van der Waals surface area contributed by atoms with Gasteiger partial charge in [0.2, 0.25) is 11.8 Å². The van der Waals surface area contributed by atoms with Crippen molar-refractivity contribution < 1.29 is 14.3 Å². The summed E-state index contributed by atoms with van der Waals surface area (Å²) in [4.78, 5) is 24.8. The van der Waals surface area contributed by atoms with Crippen molar-refractivity contribution in [3.63, 3.8) is 0 Å². The van der Waals surface area contributed by atoms with Gasteiger partial charge in [0.15, 0.2) is 5.16 Å². The van der Waals surface area contributed by atoms with E-state index in [4.69, 9.17) is 4.74 Å². The Bertz CT molecular complexity index is 1070. The number of hydrogen-bond acceptors (Lipinski definition) is 6. The first-order chi connectivity index (χ1) is 15.5. The van der Waals surface area contributed by atoms with Gasteiger partial charge in [-0.2, -0.15) is 0 Å². The fourth-order valence-corrected chi connectivity index (χ4v) is 3.90. The van der Waals surface area contributed by atoms with Crippen molar-refractivity contribution in [2.45, 2.75) is 38.9 Å². The molecule has 1 aromatic heterocycles. The maximum atomic E-state index is 12.5. The fourth-order valence-electron chi connectivity index (χ4n) is 3.07. The van der Waals surface area contributed by atoms with Crippen LogP contribution in [0.5, 0.6) is 5.75 Å². The Morgan fingerprint density at radius 2 is 1.75 bits per heavy atom. The van der Waals surface area contributed by atoms with Gasteiger partial charge in [0.05, 0.1) is 18.8 Å². The molecule has 3 aromatic rings. The van der Waals surface area contributed by atoms with Gasteiger partial charge in [-0.15, -0.1) is 10.2 Å². The van der Waals surface area contributed by atoms with E-state index in [9.17, 15) is 9.59 Å². The molecule has 3 rings (SSSR count). The number of nitrogens with zero attached hydrogens (tertiary/aromatic N) is 3. The molecular formula is C23H27N5O3S. The average Bonchev–Trinajstić information content (AvgIpc) is 3.15. The highest BCUT2D eigenvalue weighted by Crippen LogP contribution is 2.19. The number of thioether (sulfide) groups is 1. The Morgan fingerprint density at radius 3 is 2.44 bits per heavy atom. The number of rotatable bonds is 10. The summed E-state index contributed by atoms with van der Waals surface area (Å²) in [5.41, 5.74) is 2.52. The van der Waals surface area contributed by atoms with Crippen LogP contribution in [0, 0.1) is 6.92 Å². The number of amides is 2. The second kappa shape index (κ2) is 11.3. The van der Waals surface area contributed by atoms with Crippen molar-refractivity contribution in [2.24, 2.45) is 0 Å². The van der Waals surface area contributed by atoms with Gasteiger partial charge in [-0.3, -0.25) is 9.59 Å². The highest BCUT2D eigenvalue weighted by molar-refractivity contribution is 7.99. The van der Waals surface area contributed by atoms with E-state index in [2.05, 4.69) is 20.8 Å². The van der Waals surface area contributed by atoms with E-state index in [1.165, 1.54) is 11.8 Å². The van der Waals surface area contributed by atoms with Gasteiger partial charge >= 0.3 is 0 Å². The molecule has 0 atom stereocenters. The zero-order valence-electron chi connectivity index (χ0n) is 18.4. The van der Waals surface area contributed by atoms with Gasteiger partial charge in [0, 0.05) is 17.9 Å². The van der Waals surface area contributed by atoms with Crippen LogP contribution >= 0.6 is 11.8 Å². The number of benzene rings is 2. The summed E-state index contributed by atoms with van der Waals surface area (Å²) < 4.78 is 7.26. The van der Waals surface area contributed by atoms with Gasteiger partial charge in [0.1, 0.15) is 11.6 Å². The first kappa shape index (κ1) is 23.3. The summed E-state index contributed by atoms with van der Waals surface area (Å²) in [6.45, 7) is 7.03. The van der Waals surface area contributed by atoms with Crippen molar-refractivity contribution in [1.82, 2.24) is 14.8 Å². The van der Waals surface area contributed by atoms with Crippen LogP contribution in [0.15, 0.2) is 53.7 Å². The number of anilines is 2. The molecule has 0 aliphatic rings. The molecule has 0 radical (unpaired) electrons. The number of carbonyl (C=O) groups is 2. The minimum atomic E-state index is -0.190. The minimum absolute atomic E-state index is 0.0874. The van der Waals surface area contributed by atoms with Gasteiger partial charge in [-0.05, 0) is 62.7 Å². The van der Waals surface area contributed by atoms with E-state index in [-0.39, 0.29) is 24.0 Å². The maximum absolute atomic E-state index is 12.5. The lowest BCUT2D eigenvalue weighted by molar-refractivity contribution is -0.116. The van der Waals surface area contributed by atoms with E-state index in [1.807, 2.05) is 61.7 Å². The smallest absolute Gasteiger partial charge is 0.234 e. The Balaban J connectivity index is 1.55. The molecular weight excluding hydrogens is 426 g/mol. The first-order valence-electron chi connectivity index (χ1n) is 10.4. The van der Waals surface area contributed by atoms with Gasteiger partial charge in [0.25, 0.3) is 0 Å². The lowest BCUT2D eigenvalue weighted by atomic mass is 10.2. The average molecular weight is 454 g/mol. The number of aromatic nitrogens is 3. The summed E-state index contributed by atoms with van der Waals surface area (Å²) in [6, 6.07) is 14.8. The van der Waals surface area contributed by atoms with Crippen LogP contribution in [0.3, 0.4) is 0 Å². The van der Waals surface area contributed by atoms with Crippen LogP contribution in [-0.2, 0) is 22.6 Å². The molecule has 2 aromatic carbocycles. The third kappa shape index (κ3) is 6.58. The van der Waals surface area contributed by atoms with Gasteiger partial charge in [-0.1, -0.05) is 23.9 Å². The number of ether oxygens (including phenoxy) is 1. The van der Waals surface area contributed by atoms with Crippen LogP contribution in [-0.4, -0.2) is 38.9 Å². The second-order valence-electron chi connectivity index (χ2n) is 7.03. The largest absolute Gasteiger partial charge is 0.494 e. The van der Waals surface area contributed by atoms with Crippen molar-refractivity contribution in [1.29, 1.82) is 0 Å². The Morgan fingerprint density at radius 1 is 1.00 bits per heavy atom. The summed E-state index contributed by atoms with van der Waals surface area (Å²) in [7, 11) is 0. The molecule has 0 bridgehead atoms. The standard InChI is InChI=1S/C23H27N5O3S/c1-4-28-20(14-21(29)24-17-9-11-19(12-10-17)31-5-2)26-27-23(28)32-15-22(30)25-18-8-6-7-16(3)13-18/h6-13H,4-5,14-15H2,1-3H3,(H,24,29)(H,25,30). The van der Waals surface area contributed by atoms with Crippen molar-refractivity contribution in [3.8, 4) is 5.75 Å². The van der Waals surface area contributed by atoms with E-state index >= 15 is 0 Å². The van der Waals surface area contributed by atoms with Crippen LogP contribution in [0.2, 0.25) is 0 Å². The molecule has 2 amide bonds. The van der Waals surface area contributed by atoms with Crippen molar-refractivity contribution in [2.75, 3.05) is 23.0 Å². The molecule has 32 heavy (non-hydrogen) atoms. The van der Waals surface area contributed by atoms with Crippen LogP contribution in [0.1, 0.15) is 25.2 Å². The second-order valence-corrected chi connectivity index (χ2v) is 7.97. The molecule has 2 N–H and O–H groups in total. The SMILES string of the molecule is CCOc1ccc(NC(=O)Cc2nnc(SCC(=O)Nc3cccc(C)c3)n2CC)cc1. The predicted molar refractivity (Wildman–Crippen MR) is 126 cm³/mol. The predicted octanol–water partition coefficient (Wildman–Crippen LogP) is 3.92. The third-order valence-electron chi connectivity index (χ3n) is 4.51. The zero-order chi connectivity index (χ0) is 22.9. The third-order valence-corrected chi connectivity index (χ3v) is 5.48. The number of hydrogen-bond donors (Lipinski definition) is 2. The number of nitrogens with one attached hydrogen (secondary N) is 2. The van der Waals surface area contributed by atoms with Crippen molar-refractivity contribution in [3.05, 3.63) is 59.9 Å². The molecule has 1 heterocycles. The number of carbonyl (C=O) groups excluding carboxylic acids is 2. The van der Waals surface area contributed by atoms with Gasteiger partial charge < -0.3 is 19.9 Å². The highest BCUT2D eigenvalue weighted by Gasteiger charge is 2.16. The summed E-state index contributed by atoms with van der Waals surface area (Å²) in [5.74, 6) is 1.19. The molecule has 0 unspecified atom stereocenters. The molecule has 9 heteroatoms. The monoisotopic (exact) mass is 453 g/mol. The van der Waals surface area contributed by atoms with Crippen LogP contribution in [0.25, 0.3) is 0 Å². The zero-order valence-corrected chi connectivity index (χ0v) is 19.2. The lowest BCUT2D eigenvalue weighted by Gasteiger charge is -2.09. The van der Waals surface area contributed by atoms with E-state index < -0.39 is 0 Å². The van der Waals surface area contributed by atoms with E-state index in [0.717, 1.165) is 17.0 Å². The quantitative estimate of drug-likeness (QED) is 0.452. The summed E-state index contributed by atoms with van der Waals surface area (Å²) in [6.07, 6.45) is 0.0874. The Kier molecular flexibility index (Phi) is 8.27. The van der Waals surface area contributed by atoms with E-state index in [0.29, 0.717) is 29.8 Å². The Hall–Kier alpha value is -3.33. The molecule has 0 fully saturated rings. The molecule has 0 saturated carbocycles.